The summed E-state index contributed by atoms with van der Waals surface area (Å²) >= 11 is 0. The molecule has 0 aliphatic heterocycles. The van der Waals surface area contributed by atoms with Gasteiger partial charge < -0.3 is 35.6 Å². The first-order valence-corrected chi connectivity index (χ1v) is 7.07. The van der Waals surface area contributed by atoms with Gasteiger partial charge in [0, 0.05) is 59.0 Å². The number of nitrogens with zero attached hydrogens (tertiary/aromatic N) is 1. The maximum absolute atomic E-state index is 11.3. The number of alkyl carbamates (subject to hydrolysis) is 1. The number of carbonyl (C=O) groups is 1. The molecule has 0 bridgehead atoms. The predicted molar refractivity (Wildman–Crippen MR) is 79.1 cm³/mol. The van der Waals surface area contributed by atoms with Crippen LogP contribution in [-0.2, 0) is 51.8 Å². The van der Waals surface area contributed by atoms with E-state index in [2.05, 4.69) is 10.8 Å². The molecule has 0 aromatic heterocycles. The number of rotatable bonds is 12. The van der Waals surface area contributed by atoms with Crippen LogP contribution in [0.5, 0.6) is 0 Å². The largest absolute Gasteiger partial charge is 0.532 e. The Morgan fingerprint density at radius 2 is 1.73 bits per heavy atom. The number of hydrogen-bond donors (Lipinski definition) is 2. The average Bonchev–Trinajstić information content (AvgIpc) is 2.38. The third-order valence-corrected chi connectivity index (χ3v) is 1.91. The summed E-state index contributed by atoms with van der Waals surface area (Å²) < 4.78 is 15.6. The maximum Gasteiger partial charge on any atom is 0.407 e. The molecule has 9 heteroatoms. The first-order valence-electron chi connectivity index (χ1n) is 7.07. The number of nitrogens with one attached hydrogen (secondary N) is 1. The van der Waals surface area contributed by atoms with Gasteiger partial charge in [0.1, 0.15) is 5.60 Å². The molecule has 22 heavy (non-hydrogen) atoms. The number of hydroxylamine groups is 1. The van der Waals surface area contributed by atoms with Crippen molar-refractivity contribution in [1.82, 2.24) is 5.32 Å². The van der Waals surface area contributed by atoms with Crippen molar-refractivity contribution in [3.8, 4) is 0 Å². The molecule has 0 unspecified atom stereocenters. The zero-order valence-electron chi connectivity index (χ0n) is 13.8. The van der Waals surface area contributed by atoms with Gasteiger partial charge >= 0.3 is 6.09 Å². The number of ether oxygens (including phenoxy) is 3. The van der Waals surface area contributed by atoms with Gasteiger partial charge in [-0.15, -0.1) is 6.54 Å². The van der Waals surface area contributed by atoms with Crippen LogP contribution in [0.4, 0.5) is 4.79 Å². The van der Waals surface area contributed by atoms with Crippen LogP contribution in [0.15, 0.2) is 0 Å². The van der Waals surface area contributed by atoms with Gasteiger partial charge in [-0.25, -0.2) is 4.79 Å². The fourth-order valence-corrected chi connectivity index (χ4v) is 1.15. The molecule has 0 fully saturated rings. The van der Waals surface area contributed by atoms with Crippen LogP contribution in [0.1, 0.15) is 20.8 Å². The van der Waals surface area contributed by atoms with E-state index in [1.807, 2.05) is 20.8 Å². The van der Waals surface area contributed by atoms with Gasteiger partial charge in [0.25, 0.3) is 0 Å². The van der Waals surface area contributed by atoms with Gasteiger partial charge in [0.15, 0.2) is 0 Å². The van der Waals surface area contributed by atoms with Crippen LogP contribution < -0.4 is 11.1 Å². The summed E-state index contributed by atoms with van der Waals surface area (Å²) in [5.74, 6) is 0. The Balaban J connectivity index is 0. The Bertz CT molecular complexity index is 265. The van der Waals surface area contributed by atoms with Crippen LogP contribution in [0, 0.1) is 0 Å². The third-order valence-electron chi connectivity index (χ3n) is 1.91. The monoisotopic (exact) mass is 395 g/mol. The Labute approximate surface area is 158 Å². The minimum Gasteiger partial charge on any atom is -0.532 e. The van der Waals surface area contributed by atoms with Crippen LogP contribution in [0.25, 0.3) is 5.48 Å². The fraction of sp³-hybridized carbons (Fsp3) is 0.923. The number of amides is 1. The summed E-state index contributed by atoms with van der Waals surface area (Å²) in [6, 6.07) is 0. The van der Waals surface area contributed by atoms with Gasteiger partial charge in [-0.05, 0) is 20.8 Å². The Hall–Kier alpha value is 0.174. The van der Waals surface area contributed by atoms with E-state index in [-0.39, 0.29) is 32.7 Å². The third kappa shape index (κ3) is 20.2. The molecule has 0 heterocycles. The van der Waals surface area contributed by atoms with Gasteiger partial charge in [-0.3, -0.25) is 0 Å². The Kier molecular flexibility index (Phi) is 17.8. The summed E-state index contributed by atoms with van der Waals surface area (Å²) in [7, 11) is 0. The second-order valence-electron chi connectivity index (χ2n) is 5.13. The molecule has 0 atom stereocenters. The molecule has 3 N–H and O–H groups in total. The molecule has 1 amide bonds. The summed E-state index contributed by atoms with van der Waals surface area (Å²) in [5, 5.41) is 2.60. The normalized spacial score (nSPS) is 10.9. The van der Waals surface area contributed by atoms with Gasteiger partial charge in [0.05, 0.1) is 19.8 Å². The second-order valence-corrected chi connectivity index (χ2v) is 5.13. The van der Waals surface area contributed by atoms with Crippen molar-refractivity contribution in [1.29, 1.82) is 0 Å². The summed E-state index contributed by atoms with van der Waals surface area (Å²) in [6.45, 7) is 9.01. The van der Waals surface area contributed by atoms with E-state index >= 15 is 0 Å². The molecule has 0 saturated carbocycles. The number of carbonyl (C=O) groups excluding carboxylic acids is 1. The number of nitrogens with two attached hydrogens (primary N) is 1. The van der Waals surface area contributed by atoms with E-state index in [0.29, 0.717) is 52.7 Å². The van der Waals surface area contributed by atoms with Crippen LogP contribution in [0.3, 0.4) is 0 Å². The molecule has 0 aliphatic rings. The van der Waals surface area contributed by atoms with Crippen molar-refractivity contribution in [3.63, 3.8) is 0 Å². The second kappa shape index (κ2) is 16.0. The van der Waals surface area contributed by atoms with Crippen molar-refractivity contribution >= 4 is 6.09 Å². The van der Waals surface area contributed by atoms with E-state index in [1.54, 1.807) is 0 Å². The molecule has 1 radical (unpaired) electrons. The maximum atomic E-state index is 11.3. The molecule has 8 nitrogen and oxygen atoms in total. The molecule has 0 aliphatic carbocycles. The van der Waals surface area contributed by atoms with Crippen LogP contribution >= 0.6 is 0 Å². The molecular formula is C13H28N3O5Y-. The molecule has 0 saturated heterocycles. The summed E-state index contributed by atoms with van der Waals surface area (Å²) in [5.41, 5.74) is 8.49. The Morgan fingerprint density at radius 1 is 1.09 bits per heavy atom. The van der Waals surface area contributed by atoms with E-state index in [1.165, 1.54) is 0 Å². The van der Waals surface area contributed by atoms with Crippen molar-refractivity contribution in [2.45, 2.75) is 26.4 Å². The Morgan fingerprint density at radius 3 is 2.32 bits per heavy atom. The van der Waals surface area contributed by atoms with Crippen LogP contribution in [0.2, 0.25) is 0 Å². The first-order chi connectivity index (χ1) is 9.95. The van der Waals surface area contributed by atoms with E-state index < -0.39 is 11.7 Å². The minimum absolute atomic E-state index is 0. The predicted octanol–water partition coefficient (Wildman–Crippen LogP) is 0.806. The smallest absolute Gasteiger partial charge is 0.407 e. The molecule has 0 rings (SSSR count). The fourth-order valence-electron chi connectivity index (χ4n) is 1.15. The van der Waals surface area contributed by atoms with Gasteiger partial charge in [-0.1, -0.05) is 0 Å². The molecule has 129 valence electrons. The van der Waals surface area contributed by atoms with Crippen molar-refractivity contribution < 1.29 is 56.6 Å². The number of hydrogen-bond acceptors (Lipinski definition) is 6. The quantitative estimate of drug-likeness (QED) is 0.374. The van der Waals surface area contributed by atoms with Gasteiger partial charge in [-0.2, -0.15) is 0 Å². The van der Waals surface area contributed by atoms with E-state index in [4.69, 9.17) is 24.8 Å². The SMILES string of the molecule is CC(C)(C)OC(=O)NCCOCCOCC[N-]OCCN.[Y]. The van der Waals surface area contributed by atoms with Crippen molar-refractivity contribution in [3.05, 3.63) is 5.48 Å². The topological polar surface area (TPSA) is 106 Å². The van der Waals surface area contributed by atoms with E-state index in [0.717, 1.165) is 0 Å². The van der Waals surface area contributed by atoms with Crippen LogP contribution in [-0.4, -0.2) is 64.4 Å². The molecule has 0 spiro atoms. The van der Waals surface area contributed by atoms with Gasteiger partial charge in [0.2, 0.25) is 0 Å². The first kappa shape index (κ1) is 24.4. The average molecular weight is 395 g/mol. The zero-order valence-corrected chi connectivity index (χ0v) is 16.6. The summed E-state index contributed by atoms with van der Waals surface area (Å²) in [4.78, 5) is 16.1. The standard InChI is InChI=1S/C13H28N3O5.Y/c1-13(2,3)21-12(17)15-5-8-18-10-11-19-9-6-16-20-7-4-14;/h4-11,14H2,1-3H3,(H,15,17);/q-1;. The molecular weight excluding hydrogens is 367 g/mol. The van der Waals surface area contributed by atoms with E-state index in [9.17, 15) is 4.79 Å². The summed E-state index contributed by atoms with van der Waals surface area (Å²) in [6.07, 6.45) is -0.443. The minimum atomic E-state index is -0.488. The zero-order chi connectivity index (χ0) is 16.0. The van der Waals surface area contributed by atoms with Crippen molar-refractivity contribution in [2.24, 2.45) is 5.73 Å². The molecule has 0 aromatic carbocycles. The van der Waals surface area contributed by atoms with Crippen molar-refractivity contribution in [2.75, 3.05) is 52.7 Å². The molecule has 0 aromatic rings.